The van der Waals surface area contributed by atoms with E-state index in [1.165, 1.54) is 6.33 Å². The number of nitrogens with one attached hydrogen (secondary N) is 1. The summed E-state index contributed by atoms with van der Waals surface area (Å²) in [6.45, 7) is 2.88. The number of ether oxygens (including phenoxy) is 1. The second kappa shape index (κ2) is 7.40. The summed E-state index contributed by atoms with van der Waals surface area (Å²) in [6.07, 6.45) is 3.39. The first kappa shape index (κ1) is 15.0. The summed E-state index contributed by atoms with van der Waals surface area (Å²) in [4.78, 5) is 21.3. The molecule has 0 radical (unpaired) electrons. The normalized spacial score (nSPS) is 10.1. The van der Waals surface area contributed by atoms with Gasteiger partial charge in [-0.15, -0.1) is 0 Å². The van der Waals surface area contributed by atoms with Crippen LogP contribution in [-0.4, -0.2) is 43.1 Å². The van der Waals surface area contributed by atoms with Crippen molar-refractivity contribution in [1.82, 2.24) is 9.97 Å². The molecule has 1 amide bonds. The van der Waals surface area contributed by atoms with Crippen LogP contribution in [0.3, 0.4) is 0 Å². The van der Waals surface area contributed by atoms with Crippen LogP contribution in [0.4, 0.5) is 11.6 Å². The maximum atomic E-state index is 11.2. The SMILES string of the molecule is CCCCN(CC(N)=O)c1ncnc(NC)c1OC. The first-order valence-electron chi connectivity index (χ1n) is 6.24. The van der Waals surface area contributed by atoms with Crippen molar-refractivity contribution in [2.45, 2.75) is 19.8 Å². The van der Waals surface area contributed by atoms with Crippen LogP contribution < -0.4 is 20.7 Å². The molecule has 0 fully saturated rings. The highest BCUT2D eigenvalue weighted by Gasteiger charge is 2.18. The van der Waals surface area contributed by atoms with Crippen LogP contribution in [0.5, 0.6) is 5.75 Å². The summed E-state index contributed by atoms with van der Waals surface area (Å²) >= 11 is 0. The predicted molar refractivity (Wildman–Crippen MR) is 74.4 cm³/mol. The molecule has 0 unspecified atom stereocenters. The number of methoxy groups -OCH3 is 1. The van der Waals surface area contributed by atoms with Crippen LogP contribution >= 0.6 is 0 Å². The van der Waals surface area contributed by atoms with E-state index in [4.69, 9.17) is 10.5 Å². The van der Waals surface area contributed by atoms with Crippen molar-refractivity contribution in [2.24, 2.45) is 5.73 Å². The number of hydrogen-bond acceptors (Lipinski definition) is 6. The van der Waals surface area contributed by atoms with E-state index < -0.39 is 5.91 Å². The van der Waals surface area contributed by atoms with Gasteiger partial charge in [0.1, 0.15) is 6.33 Å². The highest BCUT2D eigenvalue weighted by molar-refractivity contribution is 5.80. The van der Waals surface area contributed by atoms with E-state index in [2.05, 4.69) is 22.2 Å². The molecule has 1 heterocycles. The molecule has 0 saturated carbocycles. The number of carbonyl (C=O) groups excluding carboxylic acids is 1. The number of hydrogen-bond donors (Lipinski definition) is 2. The lowest BCUT2D eigenvalue weighted by molar-refractivity contribution is -0.116. The Hall–Kier alpha value is -2.05. The topological polar surface area (TPSA) is 93.4 Å². The number of nitrogens with two attached hydrogens (primary N) is 1. The molecule has 19 heavy (non-hydrogen) atoms. The van der Waals surface area contributed by atoms with Crippen LogP contribution in [0.25, 0.3) is 0 Å². The number of aromatic nitrogens is 2. The van der Waals surface area contributed by atoms with E-state index >= 15 is 0 Å². The summed E-state index contributed by atoms with van der Waals surface area (Å²) < 4.78 is 5.33. The van der Waals surface area contributed by atoms with E-state index in [9.17, 15) is 4.79 Å². The van der Waals surface area contributed by atoms with Gasteiger partial charge in [0.15, 0.2) is 11.6 Å². The quantitative estimate of drug-likeness (QED) is 0.717. The summed E-state index contributed by atoms with van der Waals surface area (Å²) in [6, 6.07) is 0. The van der Waals surface area contributed by atoms with Gasteiger partial charge >= 0.3 is 0 Å². The van der Waals surface area contributed by atoms with Crippen molar-refractivity contribution in [3.8, 4) is 5.75 Å². The van der Waals surface area contributed by atoms with Gasteiger partial charge in [0.25, 0.3) is 0 Å². The molecule has 0 atom stereocenters. The molecule has 1 aromatic rings. The molecule has 1 aromatic heterocycles. The fraction of sp³-hybridized carbons (Fsp3) is 0.583. The summed E-state index contributed by atoms with van der Waals surface area (Å²) in [5.41, 5.74) is 5.28. The summed E-state index contributed by atoms with van der Waals surface area (Å²) in [5, 5.41) is 2.93. The van der Waals surface area contributed by atoms with Gasteiger partial charge < -0.3 is 20.7 Å². The first-order chi connectivity index (χ1) is 9.13. The van der Waals surface area contributed by atoms with E-state index in [0.717, 1.165) is 12.8 Å². The van der Waals surface area contributed by atoms with Crippen molar-refractivity contribution in [1.29, 1.82) is 0 Å². The Bertz CT molecular complexity index is 425. The van der Waals surface area contributed by atoms with Crippen molar-refractivity contribution in [2.75, 3.05) is 37.5 Å². The Morgan fingerprint density at radius 3 is 2.79 bits per heavy atom. The van der Waals surface area contributed by atoms with Crippen molar-refractivity contribution in [3.63, 3.8) is 0 Å². The lowest BCUT2D eigenvalue weighted by Gasteiger charge is -2.24. The monoisotopic (exact) mass is 267 g/mol. The fourth-order valence-corrected chi connectivity index (χ4v) is 1.75. The van der Waals surface area contributed by atoms with Gasteiger partial charge in [0.05, 0.1) is 13.7 Å². The Kier molecular flexibility index (Phi) is 5.84. The van der Waals surface area contributed by atoms with Gasteiger partial charge in [-0.25, -0.2) is 9.97 Å². The Labute approximate surface area is 113 Å². The zero-order chi connectivity index (χ0) is 14.3. The number of amides is 1. The third kappa shape index (κ3) is 3.97. The molecule has 0 aliphatic heterocycles. The highest BCUT2D eigenvalue weighted by Crippen LogP contribution is 2.31. The zero-order valence-corrected chi connectivity index (χ0v) is 11.6. The number of unbranched alkanes of at least 4 members (excludes halogenated alkanes) is 1. The van der Waals surface area contributed by atoms with Crippen LogP contribution in [-0.2, 0) is 4.79 Å². The molecular formula is C12H21N5O2. The first-order valence-corrected chi connectivity index (χ1v) is 6.24. The maximum absolute atomic E-state index is 11.2. The van der Waals surface area contributed by atoms with Crippen molar-refractivity contribution < 1.29 is 9.53 Å². The lowest BCUT2D eigenvalue weighted by atomic mass is 10.3. The number of anilines is 2. The van der Waals surface area contributed by atoms with Gasteiger partial charge in [-0.2, -0.15) is 0 Å². The highest BCUT2D eigenvalue weighted by atomic mass is 16.5. The molecule has 7 heteroatoms. The third-order valence-electron chi connectivity index (χ3n) is 2.65. The second-order valence-corrected chi connectivity index (χ2v) is 4.07. The molecule has 0 saturated heterocycles. The minimum absolute atomic E-state index is 0.108. The molecule has 0 bridgehead atoms. The molecule has 3 N–H and O–H groups in total. The molecule has 0 aliphatic carbocycles. The van der Waals surface area contributed by atoms with Crippen molar-refractivity contribution in [3.05, 3.63) is 6.33 Å². The smallest absolute Gasteiger partial charge is 0.237 e. The third-order valence-corrected chi connectivity index (χ3v) is 2.65. The van der Waals surface area contributed by atoms with Crippen molar-refractivity contribution >= 4 is 17.5 Å². The standard InChI is InChI=1S/C12H21N5O2/c1-4-5-6-17(7-9(13)18)12-10(19-3)11(14-2)15-8-16-12/h8H,4-7H2,1-3H3,(H2,13,18)(H,14,15,16). The van der Waals surface area contributed by atoms with Crippen LogP contribution in [0.1, 0.15) is 19.8 Å². The van der Waals surface area contributed by atoms with Crippen LogP contribution in [0, 0.1) is 0 Å². The van der Waals surface area contributed by atoms with E-state index in [1.807, 2.05) is 4.90 Å². The fourth-order valence-electron chi connectivity index (χ4n) is 1.75. The van der Waals surface area contributed by atoms with Gasteiger partial charge in [-0.3, -0.25) is 4.79 Å². The molecular weight excluding hydrogens is 246 g/mol. The molecule has 0 spiro atoms. The Morgan fingerprint density at radius 2 is 2.26 bits per heavy atom. The van der Waals surface area contributed by atoms with E-state index in [0.29, 0.717) is 23.9 Å². The lowest BCUT2D eigenvalue weighted by Crippen LogP contribution is -2.35. The van der Waals surface area contributed by atoms with Gasteiger partial charge in [-0.1, -0.05) is 13.3 Å². The summed E-state index contributed by atoms with van der Waals surface area (Å²) in [5.74, 6) is 1.28. The average Bonchev–Trinajstić information content (AvgIpc) is 2.41. The van der Waals surface area contributed by atoms with Gasteiger partial charge in [-0.05, 0) is 6.42 Å². The molecule has 7 nitrogen and oxygen atoms in total. The van der Waals surface area contributed by atoms with Crippen LogP contribution in [0.15, 0.2) is 6.33 Å². The number of primary amides is 1. The minimum Gasteiger partial charge on any atom is -0.490 e. The average molecular weight is 267 g/mol. The van der Waals surface area contributed by atoms with E-state index in [1.54, 1.807) is 14.2 Å². The zero-order valence-electron chi connectivity index (χ0n) is 11.6. The molecule has 0 aromatic carbocycles. The predicted octanol–water partition coefficient (Wildman–Crippen LogP) is 0.619. The second-order valence-electron chi connectivity index (χ2n) is 4.07. The van der Waals surface area contributed by atoms with Gasteiger partial charge in [0.2, 0.25) is 11.7 Å². The van der Waals surface area contributed by atoms with Crippen LogP contribution in [0.2, 0.25) is 0 Å². The van der Waals surface area contributed by atoms with E-state index in [-0.39, 0.29) is 6.54 Å². The number of carbonyl (C=O) groups is 1. The Morgan fingerprint density at radius 1 is 1.53 bits per heavy atom. The number of nitrogens with zero attached hydrogens (tertiary/aromatic N) is 3. The molecule has 106 valence electrons. The summed E-state index contributed by atoms with van der Waals surface area (Å²) in [7, 11) is 3.30. The number of rotatable bonds is 8. The largest absolute Gasteiger partial charge is 0.490 e. The molecule has 0 aliphatic rings. The van der Waals surface area contributed by atoms with Gasteiger partial charge in [0, 0.05) is 13.6 Å². The molecule has 1 rings (SSSR count). The maximum Gasteiger partial charge on any atom is 0.237 e. The Balaban J connectivity index is 3.09. The minimum atomic E-state index is -0.400.